The standard InChI is InChI=1S/C12H8ClF2N3O2/c13-10-7(11(16)18-19)3-4-17-12(10)20-9-5-6(14)1-2-8(9)15/h1-5,19H,(H2,16,18). The lowest BCUT2D eigenvalue weighted by Crippen LogP contribution is -2.14. The minimum Gasteiger partial charge on any atom is -0.434 e. The van der Waals surface area contributed by atoms with Crippen molar-refractivity contribution in [2.75, 3.05) is 0 Å². The molecule has 0 aliphatic rings. The number of aromatic nitrogens is 1. The van der Waals surface area contributed by atoms with E-state index in [1.54, 1.807) is 0 Å². The first-order valence-electron chi connectivity index (χ1n) is 5.28. The molecule has 0 amide bonds. The van der Waals surface area contributed by atoms with E-state index in [0.717, 1.165) is 18.2 Å². The number of pyridine rings is 1. The zero-order valence-corrected chi connectivity index (χ0v) is 10.6. The Morgan fingerprint density at radius 3 is 2.80 bits per heavy atom. The predicted octanol–water partition coefficient (Wildman–Crippen LogP) is 2.90. The summed E-state index contributed by atoms with van der Waals surface area (Å²) in [4.78, 5) is 3.79. The highest BCUT2D eigenvalue weighted by molar-refractivity contribution is 6.35. The minimum atomic E-state index is -0.779. The van der Waals surface area contributed by atoms with Crippen LogP contribution in [0.5, 0.6) is 11.6 Å². The number of hydrogen-bond acceptors (Lipinski definition) is 4. The van der Waals surface area contributed by atoms with Crippen LogP contribution >= 0.6 is 11.6 Å². The third-order valence-corrected chi connectivity index (χ3v) is 2.71. The maximum Gasteiger partial charge on any atom is 0.239 e. The molecule has 0 bridgehead atoms. The number of benzene rings is 1. The van der Waals surface area contributed by atoms with Crippen LogP contribution < -0.4 is 10.5 Å². The second-order valence-electron chi connectivity index (χ2n) is 3.64. The van der Waals surface area contributed by atoms with Crippen LogP contribution in [0.4, 0.5) is 8.78 Å². The number of oxime groups is 1. The molecule has 104 valence electrons. The molecule has 8 heteroatoms. The van der Waals surface area contributed by atoms with E-state index in [1.807, 2.05) is 0 Å². The average molecular weight is 300 g/mol. The van der Waals surface area contributed by atoms with Gasteiger partial charge in [-0.15, -0.1) is 0 Å². The van der Waals surface area contributed by atoms with Crippen LogP contribution in [0.15, 0.2) is 35.6 Å². The van der Waals surface area contributed by atoms with Gasteiger partial charge in [0.1, 0.15) is 10.8 Å². The summed E-state index contributed by atoms with van der Waals surface area (Å²) in [6, 6.07) is 4.09. The first-order valence-corrected chi connectivity index (χ1v) is 5.66. The Balaban J connectivity index is 2.42. The summed E-state index contributed by atoms with van der Waals surface area (Å²) in [5.41, 5.74) is 5.56. The van der Waals surface area contributed by atoms with Gasteiger partial charge in [0.25, 0.3) is 0 Å². The highest BCUT2D eigenvalue weighted by Crippen LogP contribution is 2.31. The maximum absolute atomic E-state index is 13.5. The van der Waals surface area contributed by atoms with Gasteiger partial charge in [-0.2, -0.15) is 0 Å². The van der Waals surface area contributed by atoms with Crippen molar-refractivity contribution >= 4 is 17.4 Å². The van der Waals surface area contributed by atoms with Crippen LogP contribution in [-0.2, 0) is 0 Å². The third-order valence-electron chi connectivity index (χ3n) is 2.34. The molecule has 0 unspecified atom stereocenters. The molecule has 1 aromatic heterocycles. The number of hydrogen-bond donors (Lipinski definition) is 2. The Kier molecular flexibility index (Phi) is 3.99. The van der Waals surface area contributed by atoms with E-state index in [9.17, 15) is 8.78 Å². The van der Waals surface area contributed by atoms with Crippen LogP contribution in [0.1, 0.15) is 5.56 Å². The quantitative estimate of drug-likeness (QED) is 0.395. The number of amidine groups is 1. The summed E-state index contributed by atoms with van der Waals surface area (Å²) in [7, 11) is 0. The van der Waals surface area contributed by atoms with Gasteiger partial charge in [0.2, 0.25) is 5.88 Å². The van der Waals surface area contributed by atoms with E-state index in [0.29, 0.717) is 0 Å². The van der Waals surface area contributed by atoms with Crippen LogP contribution in [0.3, 0.4) is 0 Å². The highest BCUT2D eigenvalue weighted by Gasteiger charge is 2.15. The second-order valence-corrected chi connectivity index (χ2v) is 4.02. The number of halogens is 3. The van der Waals surface area contributed by atoms with E-state index >= 15 is 0 Å². The van der Waals surface area contributed by atoms with Gasteiger partial charge in [0.15, 0.2) is 17.4 Å². The summed E-state index contributed by atoms with van der Waals surface area (Å²) in [5.74, 6) is -2.29. The van der Waals surface area contributed by atoms with Gasteiger partial charge in [0, 0.05) is 17.8 Å². The Hall–Kier alpha value is -2.41. The van der Waals surface area contributed by atoms with Crippen molar-refractivity contribution in [1.29, 1.82) is 0 Å². The van der Waals surface area contributed by atoms with E-state index in [2.05, 4.69) is 10.1 Å². The van der Waals surface area contributed by atoms with Crippen molar-refractivity contribution in [2.24, 2.45) is 10.9 Å². The molecule has 0 aliphatic carbocycles. The fourth-order valence-corrected chi connectivity index (χ4v) is 1.65. The molecule has 3 N–H and O–H groups in total. The summed E-state index contributed by atoms with van der Waals surface area (Å²) in [6.07, 6.45) is 1.27. The minimum absolute atomic E-state index is 0.0912. The highest BCUT2D eigenvalue weighted by atomic mass is 35.5. The zero-order valence-electron chi connectivity index (χ0n) is 9.85. The lowest BCUT2D eigenvalue weighted by atomic mass is 10.2. The Bertz CT molecular complexity index is 680. The number of rotatable bonds is 3. The first-order chi connectivity index (χ1) is 9.52. The van der Waals surface area contributed by atoms with Crippen LogP contribution in [0.2, 0.25) is 5.02 Å². The number of nitrogens with zero attached hydrogens (tertiary/aromatic N) is 2. The normalized spacial score (nSPS) is 11.4. The van der Waals surface area contributed by atoms with Crippen molar-refractivity contribution < 1.29 is 18.7 Å². The first kappa shape index (κ1) is 14.0. The van der Waals surface area contributed by atoms with Crippen LogP contribution in [-0.4, -0.2) is 16.0 Å². The second kappa shape index (κ2) is 5.70. The van der Waals surface area contributed by atoms with E-state index < -0.39 is 11.6 Å². The van der Waals surface area contributed by atoms with Gasteiger partial charge in [-0.05, 0) is 18.2 Å². The van der Waals surface area contributed by atoms with Crippen LogP contribution in [0, 0.1) is 11.6 Å². The van der Waals surface area contributed by atoms with Gasteiger partial charge in [-0.1, -0.05) is 16.8 Å². The van der Waals surface area contributed by atoms with Crippen molar-refractivity contribution in [3.63, 3.8) is 0 Å². The zero-order chi connectivity index (χ0) is 14.7. The Morgan fingerprint density at radius 1 is 1.35 bits per heavy atom. The van der Waals surface area contributed by atoms with Gasteiger partial charge >= 0.3 is 0 Å². The summed E-state index contributed by atoms with van der Waals surface area (Å²) < 4.78 is 31.6. The monoisotopic (exact) mass is 299 g/mol. The third kappa shape index (κ3) is 2.77. The predicted molar refractivity (Wildman–Crippen MR) is 68.2 cm³/mol. The molecule has 0 saturated heterocycles. The van der Waals surface area contributed by atoms with Crippen molar-refractivity contribution in [3.8, 4) is 11.6 Å². The van der Waals surface area contributed by atoms with E-state index in [4.69, 9.17) is 27.3 Å². The fraction of sp³-hybridized carbons (Fsp3) is 0. The van der Waals surface area contributed by atoms with Crippen molar-refractivity contribution in [2.45, 2.75) is 0 Å². The Morgan fingerprint density at radius 2 is 2.10 bits per heavy atom. The molecule has 0 fully saturated rings. The summed E-state index contributed by atoms with van der Waals surface area (Å²) in [5, 5.41) is 11.3. The van der Waals surface area contributed by atoms with Crippen molar-refractivity contribution in [3.05, 3.63) is 52.7 Å². The number of nitrogens with two attached hydrogens (primary N) is 1. The van der Waals surface area contributed by atoms with Crippen LogP contribution in [0.25, 0.3) is 0 Å². The molecule has 1 aromatic carbocycles. The van der Waals surface area contributed by atoms with Gasteiger partial charge < -0.3 is 15.7 Å². The molecule has 0 saturated carbocycles. The van der Waals surface area contributed by atoms with Gasteiger partial charge in [-0.25, -0.2) is 13.8 Å². The van der Waals surface area contributed by atoms with E-state index in [1.165, 1.54) is 12.3 Å². The number of ether oxygens (including phenoxy) is 1. The molecule has 0 atom stereocenters. The van der Waals surface area contributed by atoms with Gasteiger partial charge in [0.05, 0.1) is 0 Å². The fourth-order valence-electron chi connectivity index (χ4n) is 1.41. The topological polar surface area (TPSA) is 80.7 Å². The lowest BCUT2D eigenvalue weighted by molar-refractivity contribution is 0.318. The smallest absolute Gasteiger partial charge is 0.239 e. The average Bonchev–Trinajstić information content (AvgIpc) is 2.44. The molecule has 0 aliphatic heterocycles. The largest absolute Gasteiger partial charge is 0.434 e. The molecule has 2 aromatic rings. The molecular weight excluding hydrogens is 292 g/mol. The van der Waals surface area contributed by atoms with Gasteiger partial charge in [-0.3, -0.25) is 0 Å². The molecule has 0 spiro atoms. The lowest BCUT2D eigenvalue weighted by Gasteiger charge is -2.09. The van der Waals surface area contributed by atoms with E-state index in [-0.39, 0.29) is 28.1 Å². The Labute approximate surface area is 117 Å². The molecule has 2 rings (SSSR count). The molecule has 20 heavy (non-hydrogen) atoms. The molecule has 5 nitrogen and oxygen atoms in total. The summed E-state index contributed by atoms with van der Waals surface area (Å²) in [6.45, 7) is 0. The molecular formula is C12H8ClF2N3O2. The molecule has 1 heterocycles. The summed E-state index contributed by atoms with van der Waals surface area (Å²) >= 11 is 5.95. The molecule has 0 radical (unpaired) electrons. The maximum atomic E-state index is 13.5. The van der Waals surface area contributed by atoms with Crippen molar-refractivity contribution in [1.82, 2.24) is 4.98 Å². The SMILES string of the molecule is N/C(=N/O)c1ccnc(Oc2cc(F)ccc2F)c1Cl.